The highest BCUT2D eigenvalue weighted by molar-refractivity contribution is 5.27. The first-order valence-corrected chi connectivity index (χ1v) is 6.17. The predicted molar refractivity (Wildman–Crippen MR) is 74.3 cm³/mol. The fourth-order valence-corrected chi connectivity index (χ4v) is 1.67. The average Bonchev–Trinajstić information content (AvgIpc) is 2.47. The van der Waals surface area contributed by atoms with Crippen molar-refractivity contribution in [3.8, 4) is 11.5 Å². The van der Waals surface area contributed by atoms with Crippen LogP contribution in [0.3, 0.4) is 0 Å². The van der Waals surface area contributed by atoms with E-state index < -0.39 is 0 Å². The molecular formula is C15H18N2O2. The van der Waals surface area contributed by atoms with E-state index in [1.807, 2.05) is 43.4 Å². The van der Waals surface area contributed by atoms with Gasteiger partial charge in [-0.1, -0.05) is 12.1 Å². The first-order chi connectivity index (χ1) is 9.31. The summed E-state index contributed by atoms with van der Waals surface area (Å²) in [6.07, 6.45) is 1.75. The smallest absolute Gasteiger partial charge is 0.138 e. The quantitative estimate of drug-likeness (QED) is 0.864. The molecule has 4 heteroatoms. The van der Waals surface area contributed by atoms with Gasteiger partial charge >= 0.3 is 0 Å². The summed E-state index contributed by atoms with van der Waals surface area (Å²) in [5.74, 6) is 1.62. The number of nitrogens with zero attached hydrogens (tertiary/aromatic N) is 1. The summed E-state index contributed by atoms with van der Waals surface area (Å²) in [7, 11) is 3.56. The second kappa shape index (κ2) is 6.75. The zero-order chi connectivity index (χ0) is 13.5. The van der Waals surface area contributed by atoms with E-state index in [-0.39, 0.29) is 0 Å². The lowest BCUT2D eigenvalue weighted by atomic mass is 10.2. The summed E-state index contributed by atoms with van der Waals surface area (Å²) in [6.45, 7) is 1.29. The topological polar surface area (TPSA) is 43.4 Å². The molecule has 0 unspecified atom stereocenters. The molecule has 4 nitrogen and oxygen atoms in total. The molecule has 2 rings (SSSR count). The fraction of sp³-hybridized carbons (Fsp3) is 0.267. The van der Waals surface area contributed by atoms with E-state index in [4.69, 9.17) is 9.47 Å². The van der Waals surface area contributed by atoms with Crippen molar-refractivity contribution >= 4 is 0 Å². The monoisotopic (exact) mass is 258 g/mol. The van der Waals surface area contributed by atoms with E-state index in [1.165, 1.54) is 0 Å². The average molecular weight is 258 g/mol. The van der Waals surface area contributed by atoms with Crippen LogP contribution in [-0.2, 0) is 13.2 Å². The van der Waals surface area contributed by atoms with Gasteiger partial charge in [0.25, 0.3) is 0 Å². The van der Waals surface area contributed by atoms with Gasteiger partial charge in [-0.05, 0) is 36.9 Å². The molecule has 0 saturated heterocycles. The minimum Gasteiger partial charge on any atom is -0.497 e. The maximum Gasteiger partial charge on any atom is 0.138 e. The normalized spacial score (nSPS) is 10.2. The molecule has 0 radical (unpaired) electrons. The molecule has 0 aliphatic rings. The van der Waals surface area contributed by atoms with E-state index in [0.29, 0.717) is 6.61 Å². The van der Waals surface area contributed by atoms with Crippen molar-refractivity contribution in [2.75, 3.05) is 14.2 Å². The first-order valence-electron chi connectivity index (χ1n) is 6.17. The number of aromatic nitrogens is 1. The number of benzene rings is 1. The Bertz CT molecular complexity index is 495. The number of ether oxygens (including phenoxy) is 2. The molecule has 0 atom stereocenters. The largest absolute Gasteiger partial charge is 0.497 e. The Balaban J connectivity index is 1.90. The lowest BCUT2D eigenvalue weighted by Crippen LogP contribution is -2.06. The van der Waals surface area contributed by atoms with Crippen molar-refractivity contribution in [1.82, 2.24) is 10.3 Å². The van der Waals surface area contributed by atoms with Gasteiger partial charge < -0.3 is 14.8 Å². The van der Waals surface area contributed by atoms with Gasteiger partial charge in [0.05, 0.1) is 19.0 Å². The molecule has 100 valence electrons. The highest BCUT2D eigenvalue weighted by Crippen LogP contribution is 2.15. The van der Waals surface area contributed by atoms with Crippen LogP contribution in [0.1, 0.15) is 11.3 Å². The number of hydrogen-bond donors (Lipinski definition) is 1. The van der Waals surface area contributed by atoms with Crippen LogP contribution in [0.4, 0.5) is 0 Å². The zero-order valence-corrected chi connectivity index (χ0v) is 11.2. The maximum absolute atomic E-state index is 5.67. The lowest BCUT2D eigenvalue weighted by molar-refractivity contribution is 0.304. The molecule has 0 fully saturated rings. The Morgan fingerprint density at radius 2 is 1.79 bits per heavy atom. The summed E-state index contributed by atoms with van der Waals surface area (Å²) in [5.41, 5.74) is 2.10. The number of nitrogens with one attached hydrogen (secondary N) is 1. The van der Waals surface area contributed by atoms with Crippen LogP contribution in [0.5, 0.6) is 11.5 Å². The molecule has 1 heterocycles. The van der Waals surface area contributed by atoms with Crippen molar-refractivity contribution in [3.63, 3.8) is 0 Å². The van der Waals surface area contributed by atoms with Gasteiger partial charge in [0.15, 0.2) is 0 Å². The Hall–Kier alpha value is -2.07. The van der Waals surface area contributed by atoms with Crippen molar-refractivity contribution in [2.45, 2.75) is 13.2 Å². The van der Waals surface area contributed by atoms with Gasteiger partial charge in [0.1, 0.15) is 18.1 Å². The van der Waals surface area contributed by atoms with Crippen LogP contribution in [0.2, 0.25) is 0 Å². The molecule has 0 aliphatic carbocycles. The van der Waals surface area contributed by atoms with Crippen LogP contribution in [-0.4, -0.2) is 19.1 Å². The van der Waals surface area contributed by atoms with Gasteiger partial charge in [-0.2, -0.15) is 0 Å². The summed E-state index contributed by atoms with van der Waals surface area (Å²) in [5, 5.41) is 3.06. The third-order valence-electron chi connectivity index (χ3n) is 2.72. The Kier molecular flexibility index (Phi) is 4.75. The summed E-state index contributed by atoms with van der Waals surface area (Å²) in [6, 6.07) is 11.7. The molecule has 0 saturated carbocycles. The highest BCUT2D eigenvalue weighted by atomic mass is 16.5. The van der Waals surface area contributed by atoms with Gasteiger partial charge in [-0.15, -0.1) is 0 Å². The standard InChI is InChI=1S/C15H18N2O2/c1-16-9-13-5-8-15(10-17-13)19-11-12-3-6-14(18-2)7-4-12/h3-8,10,16H,9,11H2,1-2H3. The van der Waals surface area contributed by atoms with Crippen molar-refractivity contribution in [1.29, 1.82) is 0 Å². The lowest BCUT2D eigenvalue weighted by Gasteiger charge is -2.07. The van der Waals surface area contributed by atoms with Gasteiger partial charge in [-0.25, -0.2) is 0 Å². The van der Waals surface area contributed by atoms with Crippen LogP contribution in [0, 0.1) is 0 Å². The van der Waals surface area contributed by atoms with Crippen LogP contribution in [0.25, 0.3) is 0 Å². The molecule has 1 N–H and O–H groups in total. The van der Waals surface area contributed by atoms with Gasteiger partial charge in [0.2, 0.25) is 0 Å². The van der Waals surface area contributed by atoms with Crippen LogP contribution >= 0.6 is 0 Å². The van der Waals surface area contributed by atoms with E-state index in [1.54, 1.807) is 13.3 Å². The zero-order valence-electron chi connectivity index (χ0n) is 11.2. The van der Waals surface area contributed by atoms with Gasteiger partial charge in [0, 0.05) is 6.54 Å². The second-order valence-corrected chi connectivity index (χ2v) is 4.15. The van der Waals surface area contributed by atoms with E-state index in [0.717, 1.165) is 29.3 Å². The molecule has 2 aromatic rings. The summed E-state index contributed by atoms with van der Waals surface area (Å²) >= 11 is 0. The molecule has 0 amide bonds. The van der Waals surface area contributed by atoms with E-state index in [9.17, 15) is 0 Å². The molecule has 0 aliphatic heterocycles. The minimum atomic E-state index is 0.525. The number of rotatable bonds is 6. The van der Waals surface area contributed by atoms with Crippen molar-refractivity contribution < 1.29 is 9.47 Å². The summed E-state index contributed by atoms with van der Waals surface area (Å²) in [4.78, 5) is 4.30. The highest BCUT2D eigenvalue weighted by Gasteiger charge is 1.98. The Morgan fingerprint density at radius 3 is 2.37 bits per heavy atom. The second-order valence-electron chi connectivity index (χ2n) is 4.15. The van der Waals surface area contributed by atoms with Crippen LogP contribution < -0.4 is 14.8 Å². The molecule has 19 heavy (non-hydrogen) atoms. The first kappa shape index (κ1) is 13.4. The number of pyridine rings is 1. The van der Waals surface area contributed by atoms with Crippen molar-refractivity contribution in [3.05, 3.63) is 53.9 Å². The van der Waals surface area contributed by atoms with Crippen LogP contribution in [0.15, 0.2) is 42.6 Å². The van der Waals surface area contributed by atoms with E-state index in [2.05, 4.69) is 10.3 Å². The SMILES string of the molecule is CNCc1ccc(OCc2ccc(OC)cc2)cn1. The molecule has 0 spiro atoms. The van der Waals surface area contributed by atoms with E-state index >= 15 is 0 Å². The fourth-order valence-electron chi connectivity index (χ4n) is 1.67. The molecule has 0 bridgehead atoms. The molecular weight excluding hydrogens is 240 g/mol. The third-order valence-corrected chi connectivity index (χ3v) is 2.72. The Morgan fingerprint density at radius 1 is 1.05 bits per heavy atom. The van der Waals surface area contributed by atoms with Crippen molar-refractivity contribution in [2.24, 2.45) is 0 Å². The molecule has 1 aromatic heterocycles. The van der Waals surface area contributed by atoms with Gasteiger partial charge in [-0.3, -0.25) is 4.98 Å². The predicted octanol–water partition coefficient (Wildman–Crippen LogP) is 2.39. The minimum absolute atomic E-state index is 0.525. The maximum atomic E-state index is 5.67. The Labute approximate surface area is 113 Å². The number of methoxy groups -OCH3 is 1. The molecule has 1 aromatic carbocycles. The third kappa shape index (κ3) is 3.96. The summed E-state index contributed by atoms with van der Waals surface area (Å²) < 4.78 is 10.8. The number of hydrogen-bond acceptors (Lipinski definition) is 4.